The van der Waals surface area contributed by atoms with E-state index in [0.717, 1.165) is 11.1 Å². The highest BCUT2D eigenvalue weighted by molar-refractivity contribution is 5.88. The molecule has 3 aromatic rings. The van der Waals surface area contributed by atoms with E-state index in [4.69, 9.17) is 10.2 Å². The summed E-state index contributed by atoms with van der Waals surface area (Å²) in [4.78, 5) is 8.86. The molecule has 0 radical (unpaired) electrons. The molecule has 2 heterocycles. The third-order valence-electron chi connectivity index (χ3n) is 3.23. The molecule has 120 valence electrons. The topological polar surface area (TPSA) is 108 Å². The van der Waals surface area contributed by atoms with Gasteiger partial charge in [-0.05, 0) is 12.1 Å². The summed E-state index contributed by atoms with van der Waals surface area (Å²) in [6, 6.07) is 9.68. The van der Waals surface area contributed by atoms with Crippen LogP contribution in [0.25, 0.3) is 16.7 Å². The second-order valence-electron chi connectivity index (χ2n) is 4.83. The first kappa shape index (κ1) is 15.2. The van der Waals surface area contributed by atoms with E-state index in [-0.39, 0.29) is 13.2 Å². The van der Waals surface area contributed by atoms with Crippen LogP contribution < -0.4 is 10.6 Å². The molecule has 8 nitrogen and oxygen atoms in total. The van der Waals surface area contributed by atoms with Crippen molar-refractivity contribution in [3.8, 4) is 5.69 Å². The van der Waals surface area contributed by atoms with E-state index in [9.17, 15) is 0 Å². The zero-order valence-electron chi connectivity index (χ0n) is 12.5. The zero-order chi connectivity index (χ0) is 16.1. The quantitative estimate of drug-likeness (QED) is 0.506. The van der Waals surface area contributed by atoms with Crippen molar-refractivity contribution in [3.05, 3.63) is 36.5 Å². The number of benzene rings is 1. The van der Waals surface area contributed by atoms with Crippen molar-refractivity contribution in [2.45, 2.75) is 0 Å². The Balaban J connectivity index is 2.09. The Kier molecular flexibility index (Phi) is 4.65. The van der Waals surface area contributed by atoms with Crippen molar-refractivity contribution in [1.29, 1.82) is 0 Å². The molecule has 0 saturated carbocycles. The van der Waals surface area contributed by atoms with Crippen molar-refractivity contribution in [2.24, 2.45) is 0 Å². The van der Waals surface area contributed by atoms with Crippen LogP contribution in [-0.2, 0) is 0 Å². The number of nitrogens with zero attached hydrogens (tertiary/aromatic N) is 4. The Morgan fingerprint density at radius 2 is 1.70 bits per heavy atom. The highest BCUT2D eigenvalue weighted by atomic mass is 16.3. The monoisotopic (exact) mass is 314 g/mol. The van der Waals surface area contributed by atoms with E-state index in [0.29, 0.717) is 30.5 Å². The second-order valence-corrected chi connectivity index (χ2v) is 4.83. The number of hydrogen-bond donors (Lipinski definition) is 4. The predicted molar refractivity (Wildman–Crippen MR) is 87.8 cm³/mol. The second kappa shape index (κ2) is 7.03. The van der Waals surface area contributed by atoms with Crippen LogP contribution in [0.5, 0.6) is 0 Å². The van der Waals surface area contributed by atoms with E-state index in [1.807, 2.05) is 30.3 Å². The van der Waals surface area contributed by atoms with Crippen LogP contribution in [0.1, 0.15) is 0 Å². The van der Waals surface area contributed by atoms with E-state index in [2.05, 4.69) is 25.7 Å². The molecular formula is C15H18N6O2. The number of para-hydroxylation sites is 1. The molecule has 0 atom stereocenters. The smallest absolute Gasteiger partial charge is 0.226 e. The van der Waals surface area contributed by atoms with E-state index < -0.39 is 0 Å². The zero-order valence-corrected chi connectivity index (χ0v) is 12.5. The van der Waals surface area contributed by atoms with Gasteiger partial charge in [0, 0.05) is 13.1 Å². The van der Waals surface area contributed by atoms with Gasteiger partial charge in [-0.3, -0.25) is 0 Å². The van der Waals surface area contributed by atoms with E-state index in [1.54, 1.807) is 10.9 Å². The van der Waals surface area contributed by atoms with Crippen LogP contribution in [0.15, 0.2) is 36.5 Å². The highest BCUT2D eigenvalue weighted by Crippen LogP contribution is 2.24. The first-order valence-electron chi connectivity index (χ1n) is 7.34. The maximum absolute atomic E-state index is 9.02. The number of fused-ring (bicyclic) bond motifs is 1. The number of nitrogens with one attached hydrogen (secondary N) is 2. The van der Waals surface area contributed by atoms with Gasteiger partial charge in [0.25, 0.3) is 0 Å². The lowest BCUT2D eigenvalue weighted by molar-refractivity contribution is 0.311. The van der Waals surface area contributed by atoms with Crippen molar-refractivity contribution in [1.82, 2.24) is 19.7 Å². The summed E-state index contributed by atoms with van der Waals surface area (Å²) in [7, 11) is 0. The van der Waals surface area contributed by atoms with Crippen molar-refractivity contribution in [2.75, 3.05) is 36.9 Å². The molecule has 1 aromatic carbocycles. The average Bonchev–Trinajstić information content (AvgIpc) is 3.02. The Morgan fingerprint density at radius 3 is 2.43 bits per heavy atom. The van der Waals surface area contributed by atoms with Crippen LogP contribution in [-0.4, -0.2) is 56.3 Å². The molecule has 23 heavy (non-hydrogen) atoms. The lowest BCUT2D eigenvalue weighted by Crippen LogP contribution is -2.13. The molecule has 8 heteroatoms. The minimum atomic E-state index is -0.0151. The minimum Gasteiger partial charge on any atom is -0.395 e. The van der Waals surface area contributed by atoms with Gasteiger partial charge < -0.3 is 20.8 Å². The summed E-state index contributed by atoms with van der Waals surface area (Å²) < 4.78 is 1.73. The molecule has 0 aliphatic rings. The third-order valence-corrected chi connectivity index (χ3v) is 3.23. The number of aliphatic hydroxyl groups excluding tert-OH is 2. The van der Waals surface area contributed by atoms with E-state index >= 15 is 0 Å². The maximum Gasteiger partial charge on any atom is 0.226 e. The third kappa shape index (κ3) is 3.22. The molecule has 0 amide bonds. The molecular weight excluding hydrogens is 296 g/mol. The molecule has 0 aliphatic carbocycles. The molecule has 0 unspecified atom stereocenters. The fourth-order valence-electron chi connectivity index (χ4n) is 2.22. The molecule has 4 N–H and O–H groups in total. The summed E-state index contributed by atoms with van der Waals surface area (Å²) in [6.07, 6.45) is 1.69. The maximum atomic E-state index is 9.02. The van der Waals surface area contributed by atoms with Gasteiger partial charge in [0.1, 0.15) is 5.82 Å². The van der Waals surface area contributed by atoms with Gasteiger partial charge >= 0.3 is 0 Å². The molecule has 0 fully saturated rings. The van der Waals surface area contributed by atoms with Gasteiger partial charge in [0.05, 0.1) is 30.5 Å². The number of hydrogen-bond acceptors (Lipinski definition) is 7. The summed E-state index contributed by atoms with van der Waals surface area (Å²) in [6.45, 7) is 0.711. The Labute approximate surface area is 132 Å². The van der Waals surface area contributed by atoms with Gasteiger partial charge in [-0.2, -0.15) is 15.1 Å². The van der Waals surface area contributed by atoms with Crippen LogP contribution in [0, 0.1) is 0 Å². The predicted octanol–water partition coefficient (Wildman–Crippen LogP) is 0.624. The Morgan fingerprint density at radius 1 is 0.957 bits per heavy atom. The minimum absolute atomic E-state index is 0.00226. The number of aliphatic hydroxyl groups is 2. The molecule has 0 spiro atoms. The van der Waals surface area contributed by atoms with Crippen LogP contribution in [0.3, 0.4) is 0 Å². The van der Waals surface area contributed by atoms with Gasteiger partial charge in [-0.15, -0.1) is 0 Å². The lowest BCUT2D eigenvalue weighted by atomic mass is 10.3. The number of anilines is 2. The number of rotatable bonds is 7. The number of aromatic nitrogens is 4. The molecule has 3 rings (SSSR count). The fourth-order valence-corrected chi connectivity index (χ4v) is 2.22. The van der Waals surface area contributed by atoms with Crippen molar-refractivity contribution >= 4 is 22.8 Å². The summed E-state index contributed by atoms with van der Waals surface area (Å²) in [5.74, 6) is 0.983. The fraction of sp³-hybridized carbons (Fsp3) is 0.267. The van der Waals surface area contributed by atoms with Gasteiger partial charge in [0.15, 0.2) is 5.65 Å². The normalized spacial score (nSPS) is 10.9. The van der Waals surface area contributed by atoms with Crippen LogP contribution in [0.4, 0.5) is 11.8 Å². The molecule has 2 aromatic heterocycles. The van der Waals surface area contributed by atoms with Crippen LogP contribution in [0.2, 0.25) is 0 Å². The first-order chi connectivity index (χ1) is 11.3. The Hall–Kier alpha value is -2.71. The van der Waals surface area contributed by atoms with Gasteiger partial charge in [0.2, 0.25) is 5.95 Å². The highest BCUT2D eigenvalue weighted by Gasteiger charge is 2.13. The van der Waals surface area contributed by atoms with Gasteiger partial charge in [-0.25, -0.2) is 4.68 Å². The summed E-state index contributed by atoms with van der Waals surface area (Å²) in [5, 5.41) is 29.1. The first-order valence-corrected chi connectivity index (χ1v) is 7.34. The largest absolute Gasteiger partial charge is 0.395 e. The van der Waals surface area contributed by atoms with Crippen molar-refractivity contribution < 1.29 is 10.2 Å². The van der Waals surface area contributed by atoms with Crippen LogP contribution >= 0.6 is 0 Å². The molecule has 0 saturated heterocycles. The average molecular weight is 314 g/mol. The van der Waals surface area contributed by atoms with Crippen molar-refractivity contribution in [3.63, 3.8) is 0 Å². The van der Waals surface area contributed by atoms with Gasteiger partial charge in [-0.1, -0.05) is 18.2 Å². The molecule has 0 aliphatic heterocycles. The summed E-state index contributed by atoms with van der Waals surface area (Å²) >= 11 is 0. The van der Waals surface area contributed by atoms with E-state index in [1.165, 1.54) is 0 Å². The lowest BCUT2D eigenvalue weighted by Gasteiger charge is -2.09. The Bertz CT molecular complexity index is 774. The molecule has 0 bridgehead atoms. The summed E-state index contributed by atoms with van der Waals surface area (Å²) in [5.41, 5.74) is 1.54. The SMILES string of the molecule is OCCNc1nc(NCCO)c2cnn(-c3ccccc3)c2n1. The standard InChI is InChI=1S/C15H18N6O2/c22-8-6-16-13-12-10-18-21(11-4-2-1-3-5-11)14(12)20-15(19-13)17-7-9-23/h1-5,10,22-23H,6-9H2,(H2,16,17,19,20).